The summed E-state index contributed by atoms with van der Waals surface area (Å²) in [6, 6.07) is 6.11. The van der Waals surface area contributed by atoms with Crippen LogP contribution in [0.3, 0.4) is 0 Å². The van der Waals surface area contributed by atoms with E-state index in [1.165, 1.54) is 35.9 Å². The van der Waals surface area contributed by atoms with E-state index in [1.54, 1.807) is 13.8 Å². The first kappa shape index (κ1) is 19.1. The highest BCUT2D eigenvalue weighted by Gasteiger charge is 2.36. The third-order valence-corrected chi connectivity index (χ3v) is 3.99. The maximum absolute atomic E-state index is 13.7. The molecule has 0 saturated carbocycles. The Bertz CT molecular complexity index is 979. The Morgan fingerprint density at radius 2 is 1.81 bits per heavy atom. The van der Waals surface area contributed by atoms with E-state index < -0.39 is 18.4 Å². The van der Waals surface area contributed by atoms with Gasteiger partial charge in [0, 0.05) is 11.6 Å². The highest BCUT2D eigenvalue weighted by atomic mass is 19.4. The van der Waals surface area contributed by atoms with Crippen LogP contribution in [-0.2, 0) is 6.18 Å². The summed E-state index contributed by atoms with van der Waals surface area (Å²) in [5.41, 5.74) is -0.328. The summed E-state index contributed by atoms with van der Waals surface area (Å²) in [5, 5.41) is 4.12. The predicted molar refractivity (Wildman–Crippen MR) is 89.7 cm³/mol. The van der Waals surface area contributed by atoms with Crippen LogP contribution in [0.1, 0.15) is 31.1 Å². The number of nitrogens with zero attached hydrogens (tertiary/aromatic N) is 3. The van der Waals surface area contributed by atoms with Crippen LogP contribution in [-0.4, -0.2) is 21.4 Å². The average Bonchev–Trinajstić information content (AvgIpc) is 2.90. The van der Waals surface area contributed by atoms with Gasteiger partial charge in [-0.05, 0) is 39.0 Å². The largest absolute Gasteiger partial charge is 0.435 e. The number of hydrogen-bond acceptors (Lipinski definition) is 3. The van der Waals surface area contributed by atoms with Crippen molar-refractivity contribution < 1.29 is 26.7 Å². The smallest absolute Gasteiger partial charge is 0.417 e. The first-order valence-corrected chi connectivity index (χ1v) is 8.10. The van der Waals surface area contributed by atoms with Crippen LogP contribution in [0.4, 0.5) is 22.0 Å². The second kappa shape index (κ2) is 6.79. The maximum atomic E-state index is 13.7. The molecule has 144 valence electrons. The van der Waals surface area contributed by atoms with Crippen molar-refractivity contribution in [1.29, 1.82) is 0 Å². The SMILES string of the molecule is Cc1nn(C(C)C)c2nc(-c3cccc(OC(F)F)c3)cc(C(F)(F)F)c12. The Balaban J connectivity index is 2.27. The van der Waals surface area contributed by atoms with E-state index in [2.05, 4.69) is 14.8 Å². The fourth-order valence-electron chi connectivity index (χ4n) is 2.88. The number of rotatable bonds is 4. The van der Waals surface area contributed by atoms with Gasteiger partial charge in [-0.15, -0.1) is 0 Å². The van der Waals surface area contributed by atoms with Crippen LogP contribution >= 0.6 is 0 Å². The van der Waals surface area contributed by atoms with E-state index in [-0.39, 0.29) is 39.8 Å². The zero-order valence-electron chi connectivity index (χ0n) is 14.7. The summed E-state index contributed by atoms with van der Waals surface area (Å²) in [6.07, 6.45) is -4.62. The summed E-state index contributed by atoms with van der Waals surface area (Å²) < 4.78 is 71.6. The second-order valence-corrected chi connectivity index (χ2v) is 6.28. The number of aryl methyl sites for hydroxylation is 1. The molecule has 0 spiro atoms. The van der Waals surface area contributed by atoms with Crippen molar-refractivity contribution in [1.82, 2.24) is 14.8 Å². The third kappa shape index (κ3) is 3.72. The highest BCUT2D eigenvalue weighted by molar-refractivity contribution is 5.86. The minimum absolute atomic E-state index is 0.00339. The Hall–Kier alpha value is -2.71. The van der Waals surface area contributed by atoms with Crippen LogP contribution < -0.4 is 4.74 Å². The summed E-state index contributed by atoms with van der Waals surface area (Å²) in [5.74, 6) is -0.161. The normalized spacial score (nSPS) is 12.4. The van der Waals surface area contributed by atoms with Crippen molar-refractivity contribution in [3.05, 3.63) is 41.6 Å². The molecular weight excluding hydrogens is 369 g/mol. The van der Waals surface area contributed by atoms with Gasteiger partial charge >= 0.3 is 12.8 Å². The van der Waals surface area contributed by atoms with E-state index in [0.717, 1.165) is 6.07 Å². The number of benzene rings is 1. The van der Waals surface area contributed by atoms with Gasteiger partial charge in [0.2, 0.25) is 0 Å². The Labute approximate surface area is 151 Å². The summed E-state index contributed by atoms with van der Waals surface area (Å²) >= 11 is 0. The molecule has 2 heterocycles. The quantitative estimate of drug-likeness (QED) is 0.548. The second-order valence-electron chi connectivity index (χ2n) is 6.28. The highest BCUT2D eigenvalue weighted by Crippen LogP contribution is 2.39. The van der Waals surface area contributed by atoms with E-state index in [9.17, 15) is 22.0 Å². The first-order chi connectivity index (χ1) is 12.6. The number of fused-ring (bicyclic) bond motifs is 1. The van der Waals surface area contributed by atoms with E-state index in [1.807, 2.05) is 0 Å². The minimum atomic E-state index is -4.62. The molecular formula is C18H16F5N3O. The Morgan fingerprint density at radius 3 is 2.41 bits per heavy atom. The summed E-state index contributed by atoms with van der Waals surface area (Å²) in [7, 11) is 0. The molecule has 0 atom stereocenters. The van der Waals surface area contributed by atoms with Gasteiger partial charge in [-0.25, -0.2) is 9.67 Å². The molecule has 0 aliphatic heterocycles. The molecule has 0 amide bonds. The lowest BCUT2D eigenvalue weighted by atomic mass is 10.0. The van der Waals surface area contributed by atoms with Crippen LogP contribution in [0.15, 0.2) is 30.3 Å². The molecule has 2 aromatic heterocycles. The standard InChI is InChI=1S/C18H16F5N3O/c1-9(2)26-16-15(10(3)25-26)13(18(21,22)23)8-14(24-16)11-5-4-6-12(7-11)27-17(19)20/h4-9,17H,1-3H3. The first-order valence-electron chi connectivity index (χ1n) is 8.10. The van der Waals surface area contributed by atoms with Crippen molar-refractivity contribution >= 4 is 11.0 Å². The monoisotopic (exact) mass is 385 g/mol. The topological polar surface area (TPSA) is 39.9 Å². The lowest BCUT2D eigenvalue weighted by Crippen LogP contribution is -2.09. The Morgan fingerprint density at radius 1 is 1.11 bits per heavy atom. The van der Waals surface area contributed by atoms with Gasteiger partial charge in [0.15, 0.2) is 5.65 Å². The number of hydrogen-bond donors (Lipinski definition) is 0. The van der Waals surface area contributed by atoms with Gasteiger partial charge < -0.3 is 4.74 Å². The van der Waals surface area contributed by atoms with Gasteiger partial charge in [0.25, 0.3) is 0 Å². The third-order valence-electron chi connectivity index (χ3n) is 3.99. The molecule has 0 radical (unpaired) electrons. The molecule has 0 aliphatic rings. The van der Waals surface area contributed by atoms with E-state index in [0.29, 0.717) is 0 Å². The zero-order chi connectivity index (χ0) is 19.9. The van der Waals surface area contributed by atoms with Crippen molar-refractivity contribution in [2.75, 3.05) is 0 Å². The van der Waals surface area contributed by atoms with Gasteiger partial charge in [0.1, 0.15) is 5.75 Å². The van der Waals surface area contributed by atoms with Gasteiger partial charge in [0.05, 0.1) is 22.3 Å². The lowest BCUT2D eigenvalue weighted by Gasteiger charge is -2.13. The molecule has 0 aliphatic carbocycles. The van der Waals surface area contributed by atoms with Crippen LogP contribution in [0.5, 0.6) is 5.75 Å². The van der Waals surface area contributed by atoms with Crippen molar-refractivity contribution in [2.45, 2.75) is 39.6 Å². The molecule has 27 heavy (non-hydrogen) atoms. The molecule has 0 bridgehead atoms. The number of aromatic nitrogens is 3. The molecule has 3 rings (SSSR count). The van der Waals surface area contributed by atoms with Crippen LogP contribution in [0.2, 0.25) is 0 Å². The van der Waals surface area contributed by atoms with Gasteiger partial charge in [-0.2, -0.15) is 27.1 Å². The molecule has 0 saturated heterocycles. The maximum Gasteiger partial charge on any atom is 0.417 e. The summed E-state index contributed by atoms with van der Waals surface area (Å²) in [6.45, 7) is 2.02. The molecule has 0 unspecified atom stereocenters. The molecule has 3 aromatic rings. The number of pyridine rings is 1. The average molecular weight is 385 g/mol. The molecule has 1 aromatic carbocycles. The number of ether oxygens (including phenoxy) is 1. The minimum Gasteiger partial charge on any atom is -0.435 e. The predicted octanol–water partition coefficient (Wildman–Crippen LogP) is 5.61. The summed E-state index contributed by atoms with van der Waals surface area (Å²) in [4.78, 5) is 4.34. The van der Waals surface area contributed by atoms with Crippen molar-refractivity contribution in [3.8, 4) is 17.0 Å². The number of halogens is 5. The fourth-order valence-corrected chi connectivity index (χ4v) is 2.88. The molecule has 9 heteroatoms. The van der Waals surface area contributed by atoms with Gasteiger partial charge in [-0.1, -0.05) is 12.1 Å². The lowest BCUT2D eigenvalue weighted by molar-refractivity contribution is -0.136. The van der Waals surface area contributed by atoms with Crippen molar-refractivity contribution in [2.24, 2.45) is 0 Å². The Kier molecular flexibility index (Phi) is 4.79. The van der Waals surface area contributed by atoms with E-state index in [4.69, 9.17) is 0 Å². The van der Waals surface area contributed by atoms with Crippen LogP contribution in [0.25, 0.3) is 22.3 Å². The zero-order valence-corrected chi connectivity index (χ0v) is 14.7. The van der Waals surface area contributed by atoms with E-state index >= 15 is 0 Å². The van der Waals surface area contributed by atoms with Crippen LogP contribution in [0, 0.1) is 6.92 Å². The number of alkyl halides is 5. The molecule has 0 N–H and O–H groups in total. The molecule has 4 nitrogen and oxygen atoms in total. The van der Waals surface area contributed by atoms with Crippen molar-refractivity contribution in [3.63, 3.8) is 0 Å². The van der Waals surface area contributed by atoms with Gasteiger partial charge in [-0.3, -0.25) is 0 Å². The molecule has 0 fully saturated rings. The fraction of sp³-hybridized carbons (Fsp3) is 0.333.